The standard InChI is InChI=1S/C8H10N2O/c11-8(1-2-8)3-7-4-9-6-10-5-7/h4-6,11H,1-3H2. The zero-order chi connectivity index (χ0) is 7.73. The molecule has 0 aromatic carbocycles. The van der Waals surface area contributed by atoms with Crippen molar-refractivity contribution >= 4 is 0 Å². The molecule has 0 unspecified atom stereocenters. The Morgan fingerprint density at radius 2 is 2.00 bits per heavy atom. The molecule has 1 heterocycles. The van der Waals surface area contributed by atoms with Crippen molar-refractivity contribution in [3.05, 3.63) is 24.3 Å². The molecule has 1 aromatic rings. The summed E-state index contributed by atoms with van der Waals surface area (Å²) in [5, 5.41) is 9.53. The van der Waals surface area contributed by atoms with Crippen LogP contribution >= 0.6 is 0 Å². The number of hydrogen-bond acceptors (Lipinski definition) is 3. The lowest BCUT2D eigenvalue weighted by molar-refractivity contribution is 0.150. The first-order valence-electron chi connectivity index (χ1n) is 3.75. The Bertz CT molecular complexity index is 244. The van der Waals surface area contributed by atoms with Crippen LogP contribution in [0.15, 0.2) is 18.7 Å². The van der Waals surface area contributed by atoms with E-state index in [-0.39, 0.29) is 0 Å². The molecule has 1 aromatic heterocycles. The molecule has 0 spiro atoms. The molecule has 3 heteroatoms. The van der Waals surface area contributed by atoms with E-state index in [1.54, 1.807) is 12.4 Å². The van der Waals surface area contributed by atoms with Gasteiger partial charge in [-0.05, 0) is 18.4 Å². The fourth-order valence-corrected chi connectivity index (χ4v) is 1.12. The van der Waals surface area contributed by atoms with Gasteiger partial charge in [-0.2, -0.15) is 0 Å². The minimum absolute atomic E-state index is 0.426. The molecule has 3 nitrogen and oxygen atoms in total. The summed E-state index contributed by atoms with van der Waals surface area (Å²) in [5.41, 5.74) is 0.595. The van der Waals surface area contributed by atoms with Crippen LogP contribution < -0.4 is 0 Å². The van der Waals surface area contributed by atoms with Crippen LogP contribution in [0, 0.1) is 0 Å². The van der Waals surface area contributed by atoms with Crippen LogP contribution in [-0.2, 0) is 6.42 Å². The van der Waals surface area contributed by atoms with Gasteiger partial charge in [-0.3, -0.25) is 0 Å². The Hall–Kier alpha value is -0.960. The third-order valence-corrected chi connectivity index (χ3v) is 1.97. The van der Waals surface area contributed by atoms with E-state index in [0.29, 0.717) is 6.42 Å². The van der Waals surface area contributed by atoms with Gasteiger partial charge in [0.15, 0.2) is 0 Å². The molecule has 0 aliphatic heterocycles. The fraction of sp³-hybridized carbons (Fsp3) is 0.500. The van der Waals surface area contributed by atoms with Crippen molar-refractivity contribution in [2.24, 2.45) is 0 Å². The van der Waals surface area contributed by atoms with Gasteiger partial charge in [0.1, 0.15) is 6.33 Å². The summed E-state index contributed by atoms with van der Waals surface area (Å²) in [7, 11) is 0. The summed E-state index contributed by atoms with van der Waals surface area (Å²) >= 11 is 0. The van der Waals surface area contributed by atoms with E-state index in [9.17, 15) is 5.11 Å². The van der Waals surface area contributed by atoms with Gasteiger partial charge in [0.25, 0.3) is 0 Å². The third kappa shape index (κ3) is 1.54. The zero-order valence-electron chi connectivity index (χ0n) is 6.20. The molecule has 0 bridgehead atoms. The van der Waals surface area contributed by atoms with E-state index < -0.39 is 5.60 Å². The van der Waals surface area contributed by atoms with Crippen molar-refractivity contribution in [1.29, 1.82) is 0 Å². The van der Waals surface area contributed by atoms with Crippen molar-refractivity contribution in [2.45, 2.75) is 24.9 Å². The van der Waals surface area contributed by atoms with Gasteiger partial charge >= 0.3 is 0 Å². The Balaban J connectivity index is 2.07. The highest BCUT2D eigenvalue weighted by Gasteiger charge is 2.40. The molecule has 1 saturated carbocycles. The lowest BCUT2D eigenvalue weighted by Crippen LogP contribution is -2.10. The maximum atomic E-state index is 9.53. The largest absolute Gasteiger partial charge is 0.390 e. The molecule has 0 atom stereocenters. The molecule has 0 radical (unpaired) electrons. The van der Waals surface area contributed by atoms with Crippen LogP contribution in [0.1, 0.15) is 18.4 Å². The third-order valence-electron chi connectivity index (χ3n) is 1.97. The summed E-state index contributed by atoms with van der Waals surface area (Å²) < 4.78 is 0. The Morgan fingerprint density at radius 1 is 1.36 bits per heavy atom. The smallest absolute Gasteiger partial charge is 0.115 e. The summed E-state index contributed by atoms with van der Waals surface area (Å²) in [5.74, 6) is 0. The highest BCUT2D eigenvalue weighted by molar-refractivity contribution is 5.11. The lowest BCUT2D eigenvalue weighted by Gasteiger charge is -2.04. The van der Waals surface area contributed by atoms with Crippen LogP contribution in [0.25, 0.3) is 0 Å². The second kappa shape index (κ2) is 2.27. The van der Waals surface area contributed by atoms with Gasteiger partial charge < -0.3 is 5.11 Å². The highest BCUT2D eigenvalue weighted by Crippen LogP contribution is 2.37. The van der Waals surface area contributed by atoms with Crippen LogP contribution in [0.5, 0.6) is 0 Å². The van der Waals surface area contributed by atoms with Gasteiger partial charge in [-0.25, -0.2) is 9.97 Å². The SMILES string of the molecule is OC1(Cc2cncnc2)CC1. The number of aromatic nitrogens is 2. The Kier molecular flexibility index (Phi) is 1.39. The molecule has 0 saturated heterocycles. The van der Waals surface area contributed by atoms with Crippen molar-refractivity contribution in [3.8, 4) is 0 Å². The highest BCUT2D eigenvalue weighted by atomic mass is 16.3. The van der Waals surface area contributed by atoms with Gasteiger partial charge in [0.05, 0.1) is 5.60 Å². The minimum atomic E-state index is -0.426. The topological polar surface area (TPSA) is 46.0 Å². The van der Waals surface area contributed by atoms with E-state index in [1.807, 2.05) is 0 Å². The molecule has 0 amide bonds. The average molecular weight is 150 g/mol. The van der Waals surface area contributed by atoms with Crippen LogP contribution in [0.2, 0.25) is 0 Å². The first-order chi connectivity index (χ1) is 5.29. The van der Waals surface area contributed by atoms with Gasteiger partial charge in [-0.1, -0.05) is 0 Å². The number of hydrogen-bond donors (Lipinski definition) is 1. The lowest BCUT2D eigenvalue weighted by atomic mass is 10.1. The molecule has 1 aliphatic carbocycles. The number of rotatable bonds is 2. The predicted octanol–water partition coefficient (Wildman–Crippen LogP) is 0.544. The molecular formula is C8H10N2O. The maximum Gasteiger partial charge on any atom is 0.115 e. The molecule has 58 valence electrons. The van der Waals surface area contributed by atoms with E-state index in [2.05, 4.69) is 9.97 Å². The quantitative estimate of drug-likeness (QED) is 0.669. The van der Waals surface area contributed by atoms with Gasteiger partial charge in [0.2, 0.25) is 0 Å². The Morgan fingerprint density at radius 3 is 2.55 bits per heavy atom. The van der Waals surface area contributed by atoms with Crippen molar-refractivity contribution in [1.82, 2.24) is 9.97 Å². The maximum absolute atomic E-state index is 9.53. The molecule has 11 heavy (non-hydrogen) atoms. The summed E-state index contributed by atoms with van der Waals surface area (Å²) in [4.78, 5) is 7.75. The molecule has 1 fully saturated rings. The van der Waals surface area contributed by atoms with Crippen LogP contribution in [0.4, 0.5) is 0 Å². The second-order valence-corrected chi connectivity index (χ2v) is 3.15. The van der Waals surface area contributed by atoms with Crippen LogP contribution in [-0.4, -0.2) is 20.7 Å². The fourth-order valence-electron chi connectivity index (χ4n) is 1.12. The first kappa shape index (κ1) is 6.73. The number of aliphatic hydroxyl groups is 1. The normalized spacial score (nSPS) is 19.7. The van der Waals surface area contributed by atoms with E-state index in [1.165, 1.54) is 6.33 Å². The van der Waals surface area contributed by atoms with E-state index in [0.717, 1.165) is 18.4 Å². The zero-order valence-corrected chi connectivity index (χ0v) is 6.20. The van der Waals surface area contributed by atoms with Crippen molar-refractivity contribution in [2.75, 3.05) is 0 Å². The van der Waals surface area contributed by atoms with E-state index >= 15 is 0 Å². The molecule has 1 N–H and O–H groups in total. The predicted molar refractivity (Wildman–Crippen MR) is 39.9 cm³/mol. The first-order valence-corrected chi connectivity index (χ1v) is 3.75. The summed E-state index contributed by atoms with van der Waals surface area (Å²) in [6.45, 7) is 0. The summed E-state index contributed by atoms with van der Waals surface area (Å²) in [6, 6.07) is 0. The van der Waals surface area contributed by atoms with Crippen molar-refractivity contribution < 1.29 is 5.11 Å². The van der Waals surface area contributed by atoms with Crippen molar-refractivity contribution in [3.63, 3.8) is 0 Å². The second-order valence-electron chi connectivity index (χ2n) is 3.15. The summed E-state index contributed by atoms with van der Waals surface area (Å²) in [6.07, 6.45) is 7.55. The number of nitrogens with zero attached hydrogens (tertiary/aromatic N) is 2. The Labute approximate surface area is 65.1 Å². The molecule has 2 rings (SSSR count). The molecule has 1 aliphatic rings. The molecular weight excluding hydrogens is 140 g/mol. The minimum Gasteiger partial charge on any atom is -0.390 e. The van der Waals surface area contributed by atoms with Crippen LogP contribution in [0.3, 0.4) is 0 Å². The van der Waals surface area contributed by atoms with Gasteiger partial charge in [0, 0.05) is 18.8 Å². The monoisotopic (exact) mass is 150 g/mol. The van der Waals surface area contributed by atoms with Gasteiger partial charge in [-0.15, -0.1) is 0 Å². The average Bonchev–Trinajstić information content (AvgIpc) is 2.70. The van der Waals surface area contributed by atoms with E-state index in [4.69, 9.17) is 0 Å².